The van der Waals surface area contributed by atoms with Crippen LogP contribution in [-0.2, 0) is 6.42 Å². The van der Waals surface area contributed by atoms with E-state index >= 15 is 0 Å². The Morgan fingerprint density at radius 1 is 0.654 bits per heavy atom. The van der Waals surface area contributed by atoms with Crippen LogP contribution in [0.25, 0.3) is 0 Å². The molecule has 0 unspecified atom stereocenters. The van der Waals surface area contributed by atoms with Gasteiger partial charge in [-0.1, -0.05) is 95.0 Å². The van der Waals surface area contributed by atoms with Crippen molar-refractivity contribution in [3.63, 3.8) is 0 Å². The zero-order chi connectivity index (χ0) is 18.5. The summed E-state index contributed by atoms with van der Waals surface area (Å²) in [6, 6.07) is 15.3. The molecule has 0 aliphatic carbocycles. The maximum absolute atomic E-state index is 9.90. The lowest BCUT2D eigenvalue weighted by Crippen LogP contribution is -1.93. The minimum absolute atomic E-state index is 0.182. The minimum Gasteiger partial charge on any atom is -0.504 e. The third-order valence-electron chi connectivity index (χ3n) is 4.86. The number of aromatic hydroxyl groups is 1. The van der Waals surface area contributed by atoms with Crippen LogP contribution in [-0.4, -0.2) is 5.11 Å². The van der Waals surface area contributed by atoms with E-state index in [1.807, 2.05) is 18.2 Å². The van der Waals surface area contributed by atoms with Gasteiger partial charge >= 0.3 is 0 Å². The Balaban J connectivity index is 1.68. The van der Waals surface area contributed by atoms with E-state index in [1.54, 1.807) is 18.2 Å². The lowest BCUT2D eigenvalue weighted by atomic mass is 10.0. The fourth-order valence-corrected chi connectivity index (χ4v) is 3.27. The molecule has 0 fully saturated rings. The number of rotatable bonds is 13. The molecule has 2 heteroatoms. The second-order valence-electron chi connectivity index (χ2n) is 7.11. The van der Waals surface area contributed by atoms with Gasteiger partial charge in [0.25, 0.3) is 0 Å². The average Bonchev–Trinajstić information content (AvgIpc) is 2.66. The van der Waals surface area contributed by atoms with Crippen LogP contribution in [0.5, 0.6) is 17.2 Å². The second-order valence-corrected chi connectivity index (χ2v) is 7.11. The van der Waals surface area contributed by atoms with Crippen LogP contribution in [0.15, 0.2) is 48.5 Å². The van der Waals surface area contributed by atoms with Gasteiger partial charge in [0.15, 0.2) is 11.5 Å². The van der Waals surface area contributed by atoms with E-state index in [-0.39, 0.29) is 5.75 Å². The highest BCUT2D eigenvalue weighted by atomic mass is 16.5. The van der Waals surface area contributed by atoms with Crippen molar-refractivity contribution in [2.24, 2.45) is 0 Å². The first kappa shape index (κ1) is 20.4. The third kappa shape index (κ3) is 7.51. The van der Waals surface area contributed by atoms with Crippen LogP contribution in [0.1, 0.15) is 76.7 Å². The zero-order valence-electron chi connectivity index (χ0n) is 16.3. The maximum Gasteiger partial charge on any atom is 0.169 e. The van der Waals surface area contributed by atoms with Crippen LogP contribution in [0, 0.1) is 0 Å². The number of unbranched alkanes of at least 4 members (excludes halogenated alkanes) is 9. The molecule has 0 aliphatic heterocycles. The first-order valence-electron chi connectivity index (χ1n) is 10.3. The van der Waals surface area contributed by atoms with Gasteiger partial charge in [0.1, 0.15) is 5.75 Å². The molecule has 0 spiro atoms. The highest BCUT2D eigenvalue weighted by Gasteiger charge is 2.07. The molecule has 0 saturated heterocycles. The van der Waals surface area contributed by atoms with Gasteiger partial charge in [-0.15, -0.1) is 0 Å². The first-order valence-corrected chi connectivity index (χ1v) is 10.3. The van der Waals surface area contributed by atoms with Crippen LogP contribution < -0.4 is 4.74 Å². The molecular formula is C24H34O2. The molecule has 2 rings (SSSR count). The lowest BCUT2D eigenvalue weighted by molar-refractivity contribution is 0.408. The monoisotopic (exact) mass is 354 g/mol. The van der Waals surface area contributed by atoms with Crippen molar-refractivity contribution < 1.29 is 9.84 Å². The Kier molecular flexibility index (Phi) is 9.71. The number of aryl methyl sites for hydroxylation is 1. The fraction of sp³-hybridized carbons (Fsp3) is 0.500. The molecule has 0 radical (unpaired) electrons. The van der Waals surface area contributed by atoms with Crippen LogP contribution in [0.2, 0.25) is 0 Å². The van der Waals surface area contributed by atoms with Crippen molar-refractivity contribution >= 4 is 0 Å². The van der Waals surface area contributed by atoms with Gasteiger partial charge in [-0.3, -0.25) is 0 Å². The summed E-state index contributed by atoms with van der Waals surface area (Å²) in [5.74, 6) is 1.55. The topological polar surface area (TPSA) is 29.5 Å². The van der Waals surface area contributed by atoms with E-state index in [9.17, 15) is 5.11 Å². The number of ether oxygens (including phenoxy) is 1. The van der Waals surface area contributed by atoms with Gasteiger partial charge in [-0.05, 0) is 36.6 Å². The van der Waals surface area contributed by atoms with E-state index in [1.165, 1.54) is 69.8 Å². The average molecular weight is 355 g/mol. The summed E-state index contributed by atoms with van der Waals surface area (Å²) in [4.78, 5) is 0. The van der Waals surface area contributed by atoms with Crippen molar-refractivity contribution in [2.45, 2.75) is 77.6 Å². The summed E-state index contributed by atoms with van der Waals surface area (Å²) < 4.78 is 5.93. The number of phenols is 1. The first-order chi connectivity index (χ1) is 12.8. The molecule has 0 amide bonds. The van der Waals surface area contributed by atoms with Crippen molar-refractivity contribution in [2.75, 3.05) is 0 Å². The molecule has 0 bridgehead atoms. The minimum atomic E-state index is 0.182. The van der Waals surface area contributed by atoms with E-state index in [4.69, 9.17) is 4.74 Å². The van der Waals surface area contributed by atoms with Crippen LogP contribution in [0.3, 0.4) is 0 Å². The van der Waals surface area contributed by atoms with Gasteiger partial charge in [0.2, 0.25) is 0 Å². The second kappa shape index (κ2) is 12.4. The predicted molar refractivity (Wildman–Crippen MR) is 110 cm³/mol. The molecule has 26 heavy (non-hydrogen) atoms. The molecule has 0 aromatic heterocycles. The van der Waals surface area contributed by atoms with E-state index in [0.717, 1.165) is 12.2 Å². The summed E-state index contributed by atoms with van der Waals surface area (Å²) in [6.07, 6.45) is 14.5. The Hall–Kier alpha value is -1.96. The number of phenolic OH excluding ortho intramolecular Hbond substituents is 1. The molecule has 0 aliphatic rings. The number of hydrogen-bond donors (Lipinski definition) is 1. The molecule has 0 saturated carbocycles. The van der Waals surface area contributed by atoms with Crippen LogP contribution >= 0.6 is 0 Å². The number of para-hydroxylation sites is 3. The van der Waals surface area contributed by atoms with Gasteiger partial charge < -0.3 is 9.84 Å². The van der Waals surface area contributed by atoms with Gasteiger partial charge in [0, 0.05) is 0 Å². The maximum atomic E-state index is 9.90. The molecular weight excluding hydrogens is 320 g/mol. The predicted octanol–water partition coefficient (Wildman–Crippen LogP) is 7.65. The standard InChI is InChI=1S/C24H34O2/c1-2-3-4-5-6-7-8-9-10-11-16-21-17-12-14-19-23(21)26-24-20-15-13-18-22(24)25/h12-15,17-20,25H,2-11,16H2,1H3. The quantitative estimate of drug-likeness (QED) is 0.374. The summed E-state index contributed by atoms with van der Waals surface area (Å²) in [5.41, 5.74) is 1.22. The largest absolute Gasteiger partial charge is 0.504 e. The number of hydrogen-bond acceptors (Lipinski definition) is 2. The van der Waals surface area contributed by atoms with E-state index in [2.05, 4.69) is 19.1 Å². The lowest BCUT2D eigenvalue weighted by Gasteiger charge is -2.12. The molecule has 1 N–H and O–H groups in total. The zero-order valence-corrected chi connectivity index (χ0v) is 16.3. The Labute approximate surface area is 159 Å². The van der Waals surface area contributed by atoms with Crippen molar-refractivity contribution in [1.29, 1.82) is 0 Å². The SMILES string of the molecule is CCCCCCCCCCCCc1ccccc1Oc1ccccc1O. The molecule has 2 nitrogen and oxygen atoms in total. The summed E-state index contributed by atoms with van der Waals surface area (Å²) in [5, 5.41) is 9.90. The third-order valence-corrected chi connectivity index (χ3v) is 4.86. The summed E-state index contributed by atoms with van der Waals surface area (Å²) in [6.45, 7) is 2.27. The Morgan fingerprint density at radius 2 is 1.19 bits per heavy atom. The molecule has 0 atom stereocenters. The highest BCUT2D eigenvalue weighted by molar-refractivity contribution is 5.44. The molecule has 2 aromatic carbocycles. The smallest absolute Gasteiger partial charge is 0.169 e. The van der Waals surface area contributed by atoms with Gasteiger partial charge in [-0.2, -0.15) is 0 Å². The van der Waals surface area contributed by atoms with Crippen molar-refractivity contribution in [3.05, 3.63) is 54.1 Å². The summed E-state index contributed by atoms with van der Waals surface area (Å²) >= 11 is 0. The van der Waals surface area contributed by atoms with Gasteiger partial charge in [-0.25, -0.2) is 0 Å². The number of benzene rings is 2. The highest BCUT2D eigenvalue weighted by Crippen LogP contribution is 2.32. The van der Waals surface area contributed by atoms with E-state index < -0.39 is 0 Å². The molecule has 142 valence electrons. The summed E-state index contributed by atoms with van der Waals surface area (Å²) in [7, 11) is 0. The van der Waals surface area contributed by atoms with E-state index in [0.29, 0.717) is 5.75 Å². The van der Waals surface area contributed by atoms with Gasteiger partial charge in [0.05, 0.1) is 0 Å². The van der Waals surface area contributed by atoms with Crippen molar-refractivity contribution in [3.8, 4) is 17.2 Å². The Morgan fingerprint density at radius 3 is 1.85 bits per heavy atom. The van der Waals surface area contributed by atoms with Crippen molar-refractivity contribution in [1.82, 2.24) is 0 Å². The molecule has 0 heterocycles. The normalized spacial score (nSPS) is 10.8. The fourth-order valence-electron chi connectivity index (χ4n) is 3.27. The van der Waals surface area contributed by atoms with Crippen LogP contribution in [0.4, 0.5) is 0 Å². The molecule has 2 aromatic rings. The Bertz CT molecular complexity index is 621.